The van der Waals surface area contributed by atoms with E-state index in [-0.39, 0.29) is 32.0 Å². The SMILES string of the molecule is O=C(NCCCP(=O)(O)O)NC1c2cccc(c2)C1NC(=O)ON1C(=O)CCC1=O. The fourth-order valence-corrected chi connectivity index (χ4v) is 3.81. The van der Waals surface area contributed by atoms with Crippen molar-refractivity contribution in [1.82, 2.24) is 21.0 Å². The number of nitrogens with zero attached hydrogens (tertiary/aromatic N) is 1. The zero-order valence-electron chi connectivity index (χ0n) is 15.7. The second-order valence-electron chi connectivity index (χ2n) is 6.87. The van der Waals surface area contributed by atoms with Gasteiger partial charge >= 0.3 is 19.7 Å². The molecule has 0 aromatic heterocycles. The summed E-state index contributed by atoms with van der Waals surface area (Å²) >= 11 is 0. The minimum atomic E-state index is -4.13. The van der Waals surface area contributed by atoms with Gasteiger partial charge < -0.3 is 30.6 Å². The molecule has 0 saturated carbocycles. The Labute approximate surface area is 171 Å². The fraction of sp³-hybridized carbons (Fsp3) is 0.412. The third-order valence-electron chi connectivity index (χ3n) is 4.61. The van der Waals surface area contributed by atoms with Gasteiger partial charge in [0, 0.05) is 19.4 Å². The van der Waals surface area contributed by atoms with Gasteiger partial charge in [-0.1, -0.05) is 24.3 Å². The number of carbonyl (C=O) groups excluding carboxylic acids is 4. The summed E-state index contributed by atoms with van der Waals surface area (Å²) in [4.78, 5) is 70.1. The Hall–Kier alpha value is -2.95. The van der Waals surface area contributed by atoms with Crippen molar-refractivity contribution < 1.29 is 38.4 Å². The average molecular weight is 440 g/mol. The predicted molar refractivity (Wildman–Crippen MR) is 101 cm³/mol. The number of hydrogen-bond acceptors (Lipinski definition) is 6. The Kier molecular flexibility index (Phi) is 6.40. The Morgan fingerprint density at radius 3 is 2.30 bits per heavy atom. The molecule has 1 aliphatic heterocycles. The molecule has 162 valence electrons. The van der Waals surface area contributed by atoms with Crippen LogP contribution in [0.3, 0.4) is 0 Å². The maximum Gasteiger partial charge on any atom is 0.432 e. The van der Waals surface area contributed by atoms with Gasteiger partial charge in [0.05, 0.1) is 18.2 Å². The van der Waals surface area contributed by atoms with Crippen LogP contribution >= 0.6 is 7.60 Å². The smallest absolute Gasteiger partial charge is 0.338 e. The molecule has 2 unspecified atom stereocenters. The van der Waals surface area contributed by atoms with Crippen molar-refractivity contribution in [2.75, 3.05) is 12.7 Å². The van der Waals surface area contributed by atoms with Crippen molar-refractivity contribution in [1.29, 1.82) is 0 Å². The van der Waals surface area contributed by atoms with Crippen molar-refractivity contribution in [2.45, 2.75) is 31.3 Å². The van der Waals surface area contributed by atoms with E-state index in [0.717, 1.165) is 5.56 Å². The zero-order valence-corrected chi connectivity index (χ0v) is 16.6. The van der Waals surface area contributed by atoms with Gasteiger partial charge in [0.25, 0.3) is 11.8 Å². The number of rotatable bonds is 7. The summed E-state index contributed by atoms with van der Waals surface area (Å²) < 4.78 is 10.8. The lowest BCUT2D eigenvalue weighted by Gasteiger charge is -2.24. The van der Waals surface area contributed by atoms with Crippen LogP contribution in [0.4, 0.5) is 9.59 Å². The first-order chi connectivity index (χ1) is 14.1. The Balaban J connectivity index is 1.57. The van der Waals surface area contributed by atoms with Crippen LogP contribution in [0.1, 0.15) is 42.5 Å². The lowest BCUT2D eigenvalue weighted by Crippen LogP contribution is -2.44. The molecule has 0 radical (unpaired) electrons. The van der Waals surface area contributed by atoms with E-state index in [2.05, 4.69) is 16.0 Å². The molecule has 1 heterocycles. The standard InChI is InChI=1S/C17H21N4O8P/c22-12-5-6-13(23)21(12)29-17(25)20-15-11-4-1-3-10(9-11)14(15)19-16(24)18-7-2-8-30(26,27)28/h1,3-4,9,14-15H,2,5-8H2,(H,20,25)(H2,18,19,24)(H2,26,27,28). The van der Waals surface area contributed by atoms with E-state index in [1.165, 1.54) is 0 Å². The molecule has 2 aliphatic rings. The van der Waals surface area contributed by atoms with E-state index in [1.807, 2.05) is 0 Å². The van der Waals surface area contributed by atoms with E-state index >= 15 is 0 Å². The number of hydroxylamine groups is 2. The third kappa shape index (κ3) is 5.35. The molecule has 5 amide bonds. The predicted octanol–water partition coefficient (Wildman–Crippen LogP) is 0.440. The molecule has 2 atom stereocenters. The summed E-state index contributed by atoms with van der Waals surface area (Å²) in [5, 5.41) is 8.17. The highest BCUT2D eigenvalue weighted by Crippen LogP contribution is 2.37. The number of urea groups is 1. The van der Waals surface area contributed by atoms with Crippen LogP contribution in [0.5, 0.6) is 0 Å². The number of carbonyl (C=O) groups is 4. The molecule has 2 bridgehead atoms. The summed E-state index contributed by atoms with van der Waals surface area (Å²) in [6.07, 6.45) is -1.31. The second-order valence-corrected chi connectivity index (χ2v) is 8.65. The van der Waals surface area contributed by atoms with Gasteiger partial charge in [-0.2, -0.15) is 0 Å². The second kappa shape index (κ2) is 8.82. The largest absolute Gasteiger partial charge is 0.432 e. The molecule has 0 spiro atoms. The van der Waals surface area contributed by atoms with Crippen LogP contribution in [-0.2, 0) is 19.0 Å². The van der Waals surface area contributed by atoms with Gasteiger partial charge in [0.1, 0.15) is 0 Å². The molecule has 1 aromatic rings. The van der Waals surface area contributed by atoms with Crippen molar-refractivity contribution in [3.05, 3.63) is 35.4 Å². The van der Waals surface area contributed by atoms with Crippen LogP contribution < -0.4 is 16.0 Å². The molecule has 1 aliphatic carbocycles. The molecule has 1 aromatic carbocycles. The molecule has 12 nitrogen and oxygen atoms in total. The van der Waals surface area contributed by atoms with E-state index in [4.69, 9.17) is 14.6 Å². The van der Waals surface area contributed by atoms with Crippen LogP contribution in [-0.4, -0.2) is 51.5 Å². The lowest BCUT2D eigenvalue weighted by molar-refractivity contribution is -0.171. The summed E-state index contributed by atoms with van der Waals surface area (Å²) in [5.74, 6) is -1.21. The Bertz CT molecular complexity index is 901. The first kappa shape index (κ1) is 21.8. The highest BCUT2D eigenvalue weighted by atomic mass is 31.2. The first-order valence-corrected chi connectivity index (χ1v) is 11.0. The maximum absolute atomic E-state index is 12.2. The minimum absolute atomic E-state index is 0.0251. The molecule has 13 heteroatoms. The molecule has 30 heavy (non-hydrogen) atoms. The molecule has 3 rings (SSSR count). The molecule has 1 fully saturated rings. The third-order valence-corrected chi connectivity index (χ3v) is 5.51. The maximum atomic E-state index is 12.2. The summed E-state index contributed by atoms with van der Waals surface area (Å²) in [7, 11) is -4.13. The van der Waals surface area contributed by atoms with Crippen LogP contribution in [0.15, 0.2) is 24.3 Å². The molecular weight excluding hydrogens is 419 g/mol. The summed E-state index contributed by atoms with van der Waals surface area (Å²) in [6, 6.07) is 5.08. The van der Waals surface area contributed by atoms with Crippen molar-refractivity contribution in [3.8, 4) is 0 Å². The topological polar surface area (TPSA) is 174 Å². The first-order valence-electron chi connectivity index (χ1n) is 9.17. The highest BCUT2D eigenvalue weighted by Gasteiger charge is 2.37. The lowest BCUT2D eigenvalue weighted by atomic mass is 10.1. The molecular formula is C17H21N4O8P. The van der Waals surface area contributed by atoms with Gasteiger partial charge in [-0.15, -0.1) is 5.06 Å². The zero-order chi connectivity index (χ0) is 21.9. The fourth-order valence-electron chi connectivity index (χ4n) is 3.24. The van der Waals surface area contributed by atoms with Crippen molar-refractivity contribution in [2.24, 2.45) is 0 Å². The van der Waals surface area contributed by atoms with Crippen LogP contribution in [0.2, 0.25) is 0 Å². The number of nitrogens with one attached hydrogen (secondary N) is 3. The van der Waals surface area contributed by atoms with Gasteiger partial charge in [-0.05, 0) is 17.5 Å². The van der Waals surface area contributed by atoms with Gasteiger partial charge in [-0.25, -0.2) is 9.59 Å². The van der Waals surface area contributed by atoms with E-state index in [0.29, 0.717) is 10.6 Å². The molecule has 5 N–H and O–H groups in total. The van der Waals surface area contributed by atoms with Gasteiger partial charge in [-0.3, -0.25) is 14.2 Å². The van der Waals surface area contributed by atoms with Gasteiger partial charge in [0.2, 0.25) is 0 Å². The number of hydrogen-bond donors (Lipinski definition) is 5. The quantitative estimate of drug-likeness (QED) is 0.231. The minimum Gasteiger partial charge on any atom is -0.338 e. The number of amides is 5. The monoisotopic (exact) mass is 440 g/mol. The van der Waals surface area contributed by atoms with Crippen LogP contribution in [0, 0.1) is 0 Å². The Morgan fingerprint density at radius 2 is 1.70 bits per heavy atom. The van der Waals surface area contributed by atoms with Crippen molar-refractivity contribution >= 4 is 31.5 Å². The van der Waals surface area contributed by atoms with E-state index in [1.54, 1.807) is 24.3 Å². The number of imide groups is 1. The highest BCUT2D eigenvalue weighted by molar-refractivity contribution is 7.51. The van der Waals surface area contributed by atoms with E-state index in [9.17, 15) is 23.7 Å². The van der Waals surface area contributed by atoms with E-state index < -0.39 is 43.6 Å². The average Bonchev–Trinajstić information content (AvgIpc) is 3.09. The molecule has 1 saturated heterocycles. The number of fused-ring (bicyclic) bond motifs is 2. The Morgan fingerprint density at radius 1 is 1.10 bits per heavy atom. The number of benzene rings is 1. The normalized spacial score (nSPS) is 20.3. The van der Waals surface area contributed by atoms with Crippen LogP contribution in [0.25, 0.3) is 0 Å². The van der Waals surface area contributed by atoms with Gasteiger partial charge in [0.15, 0.2) is 0 Å². The summed E-state index contributed by atoms with van der Waals surface area (Å²) in [5.41, 5.74) is 1.41. The van der Waals surface area contributed by atoms with Crippen molar-refractivity contribution in [3.63, 3.8) is 0 Å². The summed E-state index contributed by atoms with van der Waals surface area (Å²) in [6.45, 7) is 0.0561.